The zero-order chi connectivity index (χ0) is 14.2. The number of rotatable bonds is 6. The van der Waals surface area contributed by atoms with E-state index < -0.39 is 0 Å². The van der Waals surface area contributed by atoms with Gasteiger partial charge in [-0.3, -0.25) is 0 Å². The summed E-state index contributed by atoms with van der Waals surface area (Å²) in [6.07, 6.45) is 9.45. The van der Waals surface area contributed by atoms with Crippen molar-refractivity contribution < 1.29 is 0 Å². The van der Waals surface area contributed by atoms with Gasteiger partial charge in [-0.1, -0.05) is 18.2 Å². The van der Waals surface area contributed by atoms with Crippen molar-refractivity contribution in [3.05, 3.63) is 36.5 Å². The summed E-state index contributed by atoms with van der Waals surface area (Å²) >= 11 is 0. The van der Waals surface area contributed by atoms with Crippen molar-refractivity contribution in [2.45, 2.75) is 25.7 Å². The van der Waals surface area contributed by atoms with Crippen LogP contribution in [0.1, 0.15) is 25.7 Å². The van der Waals surface area contributed by atoms with Crippen LogP contribution in [0, 0.1) is 11.8 Å². The van der Waals surface area contributed by atoms with Crippen LogP contribution in [-0.2, 0) is 0 Å². The molecule has 1 saturated carbocycles. The third kappa shape index (κ3) is 4.31. The van der Waals surface area contributed by atoms with Crippen molar-refractivity contribution in [3.8, 4) is 0 Å². The molecule has 2 rings (SSSR count). The molecule has 0 atom stereocenters. The van der Waals surface area contributed by atoms with Gasteiger partial charge < -0.3 is 15.9 Å². The first-order valence-corrected chi connectivity index (χ1v) is 7.47. The zero-order valence-electron chi connectivity index (χ0n) is 12.2. The number of nitrogens with one attached hydrogen (secondary N) is 3. The molecule has 1 aromatic rings. The maximum atomic E-state index is 5.39. The van der Waals surface area contributed by atoms with E-state index in [0.29, 0.717) is 5.92 Å². The van der Waals surface area contributed by atoms with Gasteiger partial charge in [-0.2, -0.15) is 0 Å². The second kappa shape index (κ2) is 8.00. The van der Waals surface area contributed by atoms with E-state index >= 15 is 0 Å². The molecular weight excluding hydrogens is 245 g/mol. The van der Waals surface area contributed by atoms with E-state index in [1.807, 2.05) is 19.2 Å². The molecule has 0 unspecified atom stereocenters. The molecule has 3 N–H and O–H groups in total. The van der Waals surface area contributed by atoms with Gasteiger partial charge in [0.2, 0.25) is 0 Å². The van der Waals surface area contributed by atoms with E-state index in [-0.39, 0.29) is 0 Å². The van der Waals surface area contributed by atoms with Crippen LogP contribution < -0.4 is 15.9 Å². The number of benzene rings is 1. The van der Waals surface area contributed by atoms with E-state index in [4.69, 9.17) is 7.98 Å². The Hall–Kier alpha value is -1.42. The molecule has 0 aromatic heterocycles. The summed E-state index contributed by atoms with van der Waals surface area (Å²) in [5.41, 5.74) is 2.24. The predicted octanol–water partition coefficient (Wildman–Crippen LogP) is 3.13. The van der Waals surface area contributed by atoms with Gasteiger partial charge >= 0.3 is 0 Å². The van der Waals surface area contributed by atoms with E-state index in [9.17, 15) is 0 Å². The molecule has 0 spiro atoms. The minimum atomic E-state index is 0.693. The molecular formula is C16H24BN3. The number of hydrogen-bond donors (Lipinski definition) is 3. The Morgan fingerprint density at radius 2 is 1.85 bits per heavy atom. The Morgan fingerprint density at radius 1 is 1.15 bits per heavy atom. The van der Waals surface area contributed by atoms with Gasteiger partial charge in [0.1, 0.15) is 0 Å². The number of allylic oxidation sites excluding steroid dienone is 1. The minimum Gasteiger partial charge on any atom is -0.386 e. The first-order valence-electron chi connectivity index (χ1n) is 7.47. The third-order valence-corrected chi connectivity index (χ3v) is 4.10. The number of anilines is 2. The number of hydrogen-bond acceptors (Lipinski definition) is 3. The van der Waals surface area contributed by atoms with Crippen LogP contribution in [0.25, 0.3) is 0 Å². The van der Waals surface area contributed by atoms with Crippen LogP contribution >= 0.6 is 0 Å². The Balaban J connectivity index is 1.79. The highest BCUT2D eigenvalue weighted by Crippen LogP contribution is 2.29. The lowest BCUT2D eigenvalue weighted by Gasteiger charge is -2.26. The van der Waals surface area contributed by atoms with Crippen LogP contribution in [0.3, 0.4) is 0 Å². The molecule has 0 heterocycles. The second-order valence-electron chi connectivity index (χ2n) is 5.49. The molecule has 0 amide bonds. The molecule has 0 bridgehead atoms. The molecule has 1 fully saturated rings. The van der Waals surface area contributed by atoms with Gasteiger partial charge in [-0.05, 0) is 62.4 Å². The van der Waals surface area contributed by atoms with Gasteiger partial charge in [0.15, 0.2) is 7.98 Å². The average molecular weight is 269 g/mol. The van der Waals surface area contributed by atoms with E-state index in [0.717, 1.165) is 23.8 Å². The molecule has 20 heavy (non-hydrogen) atoms. The summed E-state index contributed by atoms with van der Waals surface area (Å²) in [7, 11) is 7.33. The molecule has 4 heteroatoms. The Morgan fingerprint density at radius 3 is 2.50 bits per heavy atom. The largest absolute Gasteiger partial charge is 0.386 e. The Bertz CT molecular complexity index is 425. The Kier molecular flexibility index (Phi) is 6.00. The van der Waals surface area contributed by atoms with Crippen molar-refractivity contribution in [1.29, 1.82) is 0 Å². The summed E-state index contributed by atoms with van der Waals surface area (Å²) in [6.45, 7) is 0.949. The smallest absolute Gasteiger partial charge is 0.177 e. The van der Waals surface area contributed by atoms with Crippen LogP contribution in [0.4, 0.5) is 11.4 Å². The summed E-state index contributed by atoms with van der Waals surface area (Å²) in [6, 6.07) is 8.23. The molecule has 1 aliphatic rings. The van der Waals surface area contributed by atoms with Crippen molar-refractivity contribution in [1.82, 2.24) is 5.23 Å². The van der Waals surface area contributed by atoms with Crippen LogP contribution in [0.2, 0.25) is 0 Å². The summed E-state index contributed by atoms with van der Waals surface area (Å²) < 4.78 is 0. The van der Waals surface area contributed by atoms with E-state index in [2.05, 4.69) is 40.3 Å². The SMILES string of the molecule is [B]NCC1CCC(/C=C/Nc2ccccc2NC)CC1. The monoisotopic (exact) mass is 269 g/mol. The van der Waals surface area contributed by atoms with Crippen molar-refractivity contribution >= 4 is 19.4 Å². The normalized spacial score (nSPS) is 22.9. The summed E-state index contributed by atoms with van der Waals surface area (Å²) in [5, 5.41) is 9.35. The highest BCUT2D eigenvalue weighted by Gasteiger charge is 2.18. The molecule has 1 aromatic carbocycles. The fraction of sp³-hybridized carbons (Fsp3) is 0.500. The highest BCUT2D eigenvalue weighted by atomic mass is 14.9. The second-order valence-corrected chi connectivity index (χ2v) is 5.49. The van der Waals surface area contributed by atoms with E-state index in [1.165, 1.54) is 25.7 Å². The average Bonchev–Trinajstić information content (AvgIpc) is 2.50. The van der Waals surface area contributed by atoms with Gasteiger partial charge in [-0.25, -0.2) is 0 Å². The van der Waals surface area contributed by atoms with Crippen LogP contribution in [0.15, 0.2) is 36.5 Å². The van der Waals surface area contributed by atoms with Crippen molar-refractivity contribution in [2.24, 2.45) is 11.8 Å². The molecule has 3 nitrogen and oxygen atoms in total. The fourth-order valence-electron chi connectivity index (χ4n) is 2.85. The lowest BCUT2D eigenvalue weighted by atomic mass is 9.82. The lowest BCUT2D eigenvalue weighted by molar-refractivity contribution is 0.311. The first kappa shape index (κ1) is 15.0. The summed E-state index contributed by atoms with van der Waals surface area (Å²) in [4.78, 5) is 0. The first-order chi connectivity index (χ1) is 9.83. The molecule has 106 valence electrons. The fourth-order valence-corrected chi connectivity index (χ4v) is 2.85. The van der Waals surface area contributed by atoms with Crippen LogP contribution in [-0.4, -0.2) is 21.6 Å². The standard InChI is InChI=1S/C16H24BN3/c1-18-15-4-2-3-5-16(15)19-11-10-13-6-8-14(9-7-13)12-20-17/h2-5,10-11,13-14,18-20H,6-9,12H2,1H3/b11-10+. The van der Waals surface area contributed by atoms with Gasteiger partial charge in [0.05, 0.1) is 11.4 Å². The van der Waals surface area contributed by atoms with Crippen molar-refractivity contribution in [2.75, 3.05) is 24.2 Å². The number of para-hydroxylation sites is 2. The molecule has 2 radical (unpaired) electrons. The molecule has 1 aliphatic carbocycles. The topological polar surface area (TPSA) is 36.1 Å². The molecule has 0 aliphatic heterocycles. The van der Waals surface area contributed by atoms with E-state index in [1.54, 1.807) is 0 Å². The van der Waals surface area contributed by atoms with Crippen molar-refractivity contribution in [3.63, 3.8) is 0 Å². The molecule has 0 saturated heterocycles. The maximum absolute atomic E-state index is 5.39. The lowest BCUT2D eigenvalue weighted by Crippen LogP contribution is -2.24. The minimum absolute atomic E-state index is 0.693. The Labute approximate surface area is 123 Å². The maximum Gasteiger partial charge on any atom is 0.177 e. The zero-order valence-corrected chi connectivity index (χ0v) is 12.2. The van der Waals surface area contributed by atoms with Crippen LogP contribution in [0.5, 0.6) is 0 Å². The summed E-state index contributed by atoms with van der Waals surface area (Å²) in [5.74, 6) is 1.45. The van der Waals surface area contributed by atoms with Gasteiger partial charge in [0.25, 0.3) is 0 Å². The van der Waals surface area contributed by atoms with Gasteiger partial charge in [-0.15, -0.1) is 0 Å². The quantitative estimate of drug-likeness (QED) is 0.694. The highest BCUT2D eigenvalue weighted by molar-refractivity contribution is 6.04. The predicted molar refractivity (Wildman–Crippen MR) is 88.0 cm³/mol. The third-order valence-electron chi connectivity index (χ3n) is 4.10. The van der Waals surface area contributed by atoms with Gasteiger partial charge in [0, 0.05) is 7.05 Å².